The number of halogens is 1. The molecule has 3 heteroatoms. The van der Waals surface area contributed by atoms with Gasteiger partial charge in [-0.15, -0.1) is 0 Å². The van der Waals surface area contributed by atoms with Gasteiger partial charge in [0, 0.05) is 11.1 Å². The lowest BCUT2D eigenvalue weighted by Gasteiger charge is -2.25. The molecule has 1 unspecified atom stereocenters. The Balaban J connectivity index is 2.07. The van der Waals surface area contributed by atoms with Crippen molar-refractivity contribution < 1.29 is 9.13 Å². The minimum atomic E-state index is -0.675. The van der Waals surface area contributed by atoms with Gasteiger partial charge in [0.25, 0.3) is 0 Å². The van der Waals surface area contributed by atoms with E-state index in [1.165, 1.54) is 11.6 Å². The summed E-state index contributed by atoms with van der Waals surface area (Å²) in [6, 6.07) is 14.6. The van der Waals surface area contributed by atoms with Gasteiger partial charge in [0.1, 0.15) is 11.6 Å². The third-order valence-electron chi connectivity index (χ3n) is 3.58. The van der Waals surface area contributed by atoms with Gasteiger partial charge in [0.2, 0.25) is 0 Å². The molecular weight excluding hydrogens is 253 g/mol. The monoisotopic (exact) mass is 273 g/mol. The standard InChI is InChI=1S/C17H20FNO/c1-17(19,15-5-3-4-6-16(15)18)12-11-13-7-9-14(20-2)10-8-13/h3-10H,11-12,19H2,1-2H3. The second kappa shape index (κ2) is 6.06. The highest BCUT2D eigenvalue weighted by Gasteiger charge is 2.24. The van der Waals surface area contributed by atoms with Crippen LogP contribution in [0.1, 0.15) is 24.5 Å². The largest absolute Gasteiger partial charge is 0.497 e. The molecule has 0 bridgehead atoms. The molecular formula is C17H20FNO. The van der Waals surface area contributed by atoms with Crippen molar-refractivity contribution >= 4 is 0 Å². The van der Waals surface area contributed by atoms with Crippen LogP contribution < -0.4 is 10.5 Å². The lowest BCUT2D eigenvalue weighted by atomic mass is 9.86. The van der Waals surface area contributed by atoms with Gasteiger partial charge >= 0.3 is 0 Å². The first-order valence-corrected chi connectivity index (χ1v) is 6.70. The Morgan fingerprint density at radius 3 is 2.35 bits per heavy atom. The van der Waals surface area contributed by atoms with Crippen molar-refractivity contribution in [2.45, 2.75) is 25.3 Å². The third kappa shape index (κ3) is 3.36. The van der Waals surface area contributed by atoms with Crippen molar-refractivity contribution in [3.05, 3.63) is 65.5 Å². The molecule has 0 radical (unpaired) electrons. The number of ether oxygens (including phenoxy) is 1. The van der Waals surface area contributed by atoms with Crippen LogP contribution in [0.5, 0.6) is 5.75 Å². The first-order chi connectivity index (χ1) is 9.53. The average Bonchev–Trinajstić information content (AvgIpc) is 2.46. The Labute approximate surface area is 119 Å². The zero-order valence-corrected chi connectivity index (χ0v) is 11.9. The van der Waals surface area contributed by atoms with Crippen molar-refractivity contribution in [1.82, 2.24) is 0 Å². The van der Waals surface area contributed by atoms with Gasteiger partial charge in [-0.25, -0.2) is 4.39 Å². The van der Waals surface area contributed by atoms with Crippen LogP contribution in [-0.2, 0) is 12.0 Å². The second-order valence-corrected chi connectivity index (χ2v) is 5.25. The molecule has 0 amide bonds. The normalized spacial score (nSPS) is 13.8. The second-order valence-electron chi connectivity index (χ2n) is 5.25. The number of hydrogen-bond acceptors (Lipinski definition) is 2. The van der Waals surface area contributed by atoms with Crippen LogP contribution in [0.2, 0.25) is 0 Å². The van der Waals surface area contributed by atoms with Gasteiger partial charge in [-0.2, -0.15) is 0 Å². The van der Waals surface area contributed by atoms with E-state index in [2.05, 4.69) is 0 Å². The summed E-state index contributed by atoms with van der Waals surface area (Å²) in [6.07, 6.45) is 1.48. The molecule has 0 aliphatic rings. The molecule has 2 rings (SSSR count). The summed E-state index contributed by atoms with van der Waals surface area (Å²) >= 11 is 0. The van der Waals surface area contributed by atoms with E-state index >= 15 is 0 Å². The number of rotatable bonds is 5. The number of nitrogens with two attached hydrogens (primary N) is 1. The smallest absolute Gasteiger partial charge is 0.128 e. The number of aryl methyl sites for hydroxylation is 1. The molecule has 0 aromatic heterocycles. The Morgan fingerprint density at radius 2 is 1.75 bits per heavy atom. The number of benzene rings is 2. The van der Waals surface area contributed by atoms with Crippen LogP contribution >= 0.6 is 0 Å². The molecule has 0 aliphatic heterocycles. The molecule has 2 aromatic carbocycles. The molecule has 20 heavy (non-hydrogen) atoms. The molecule has 0 fully saturated rings. The number of hydrogen-bond donors (Lipinski definition) is 1. The lowest BCUT2D eigenvalue weighted by molar-refractivity contribution is 0.414. The first-order valence-electron chi connectivity index (χ1n) is 6.70. The lowest BCUT2D eigenvalue weighted by Crippen LogP contribution is -2.34. The maximum absolute atomic E-state index is 13.8. The van der Waals surface area contributed by atoms with Crippen LogP contribution in [0, 0.1) is 5.82 Å². The molecule has 0 heterocycles. The third-order valence-corrected chi connectivity index (χ3v) is 3.58. The fraction of sp³-hybridized carbons (Fsp3) is 0.294. The summed E-state index contributed by atoms with van der Waals surface area (Å²) in [4.78, 5) is 0. The average molecular weight is 273 g/mol. The summed E-state index contributed by atoms with van der Waals surface area (Å²) in [7, 11) is 1.64. The zero-order chi connectivity index (χ0) is 14.6. The van der Waals surface area contributed by atoms with E-state index in [9.17, 15) is 4.39 Å². The fourth-order valence-electron chi connectivity index (χ4n) is 2.26. The van der Waals surface area contributed by atoms with E-state index in [1.807, 2.05) is 37.3 Å². The van der Waals surface area contributed by atoms with E-state index < -0.39 is 5.54 Å². The van der Waals surface area contributed by atoms with Crippen molar-refractivity contribution in [1.29, 1.82) is 0 Å². The van der Waals surface area contributed by atoms with Crippen LogP contribution in [-0.4, -0.2) is 7.11 Å². The first kappa shape index (κ1) is 14.5. The SMILES string of the molecule is COc1ccc(CCC(C)(N)c2ccccc2F)cc1. The quantitative estimate of drug-likeness (QED) is 0.902. The van der Waals surface area contributed by atoms with Gasteiger partial charge in [-0.3, -0.25) is 0 Å². The van der Waals surface area contributed by atoms with Crippen LogP contribution in [0.15, 0.2) is 48.5 Å². The molecule has 0 spiro atoms. The summed E-state index contributed by atoms with van der Waals surface area (Å²) in [6.45, 7) is 1.87. The Kier molecular flexibility index (Phi) is 4.40. The summed E-state index contributed by atoms with van der Waals surface area (Å²) in [5.41, 5.74) is 7.33. The minimum absolute atomic E-state index is 0.243. The van der Waals surface area contributed by atoms with Gasteiger partial charge in [0.05, 0.1) is 7.11 Å². The van der Waals surface area contributed by atoms with E-state index in [0.29, 0.717) is 12.0 Å². The zero-order valence-electron chi connectivity index (χ0n) is 11.9. The Hall–Kier alpha value is -1.87. The van der Waals surface area contributed by atoms with Crippen LogP contribution in [0.3, 0.4) is 0 Å². The van der Waals surface area contributed by atoms with Crippen LogP contribution in [0.4, 0.5) is 4.39 Å². The van der Waals surface area contributed by atoms with Gasteiger partial charge < -0.3 is 10.5 Å². The molecule has 2 nitrogen and oxygen atoms in total. The maximum Gasteiger partial charge on any atom is 0.128 e. The molecule has 0 aliphatic carbocycles. The van der Waals surface area contributed by atoms with E-state index in [-0.39, 0.29) is 5.82 Å². The summed E-state index contributed by atoms with van der Waals surface area (Å²) < 4.78 is 18.9. The highest BCUT2D eigenvalue weighted by molar-refractivity contribution is 5.29. The molecule has 1 atom stereocenters. The van der Waals surface area contributed by atoms with Crippen molar-refractivity contribution in [3.63, 3.8) is 0 Å². The topological polar surface area (TPSA) is 35.2 Å². The molecule has 2 N–H and O–H groups in total. The molecule has 0 saturated heterocycles. The van der Waals surface area contributed by atoms with Gasteiger partial charge in [-0.05, 0) is 43.5 Å². The van der Waals surface area contributed by atoms with Crippen molar-refractivity contribution in [2.75, 3.05) is 7.11 Å². The highest BCUT2D eigenvalue weighted by Crippen LogP contribution is 2.26. The van der Waals surface area contributed by atoms with Crippen molar-refractivity contribution in [3.8, 4) is 5.75 Å². The van der Waals surface area contributed by atoms with E-state index in [1.54, 1.807) is 19.2 Å². The Bertz CT molecular complexity index is 563. The maximum atomic E-state index is 13.8. The van der Waals surface area contributed by atoms with Crippen LogP contribution in [0.25, 0.3) is 0 Å². The Morgan fingerprint density at radius 1 is 1.10 bits per heavy atom. The fourth-order valence-corrected chi connectivity index (χ4v) is 2.26. The van der Waals surface area contributed by atoms with E-state index in [0.717, 1.165) is 12.2 Å². The van der Waals surface area contributed by atoms with Gasteiger partial charge in [0.15, 0.2) is 0 Å². The van der Waals surface area contributed by atoms with Crippen molar-refractivity contribution in [2.24, 2.45) is 5.73 Å². The summed E-state index contributed by atoms with van der Waals surface area (Å²) in [5.74, 6) is 0.589. The number of methoxy groups -OCH3 is 1. The molecule has 0 saturated carbocycles. The summed E-state index contributed by atoms with van der Waals surface area (Å²) in [5, 5.41) is 0. The highest BCUT2D eigenvalue weighted by atomic mass is 19.1. The predicted octanol–water partition coefficient (Wildman–Crippen LogP) is 3.64. The minimum Gasteiger partial charge on any atom is -0.497 e. The van der Waals surface area contributed by atoms with E-state index in [4.69, 9.17) is 10.5 Å². The van der Waals surface area contributed by atoms with Gasteiger partial charge in [-0.1, -0.05) is 30.3 Å². The molecule has 2 aromatic rings. The predicted molar refractivity (Wildman–Crippen MR) is 79.3 cm³/mol. The molecule has 106 valence electrons.